The second-order valence-electron chi connectivity index (χ2n) is 5.99. The number of alkyl carbamates (subject to hydrolysis) is 1. The van der Waals surface area contributed by atoms with E-state index in [1.54, 1.807) is 21.1 Å². The van der Waals surface area contributed by atoms with Gasteiger partial charge >= 0.3 is 6.09 Å². The molecule has 2 aromatic rings. The molecule has 1 fully saturated rings. The van der Waals surface area contributed by atoms with Crippen LogP contribution in [0.4, 0.5) is 4.79 Å². The van der Waals surface area contributed by atoms with E-state index in [0.717, 1.165) is 11.5 Å². The molecule has 0 aliphatic heterocycles. The molecule has 1 N–H and O–H groups in total. The van der Waals surface area contributed by atoms with Crippen molar-refractivity contribution in [3.63, 3.8) is 0 Å². The van der Waals surface area contributed by atoms with Crippen LogP contribution in [0, 0.1) is 0 Å². The molecule has 3 rings (SSSR count). The van der Waals surface area contributed by atoms with Crippen LogP contribution < -0.4 is 14.8 Å². The number of rotatable bonds is 6. The quantitative estimate of drug-likeness (QED) is 0.870. The van der Waals surface area contributed by atoms with Crippen LogP contribution in [-0.2, 0) is 4.74 Å². The number of amides is 1. The van der Waals surface area contributed by atoms with Gasteiger partial charge < -0.3 is 19.5 Å². The van der Waals surface area contributed by atoms with Gasteiger partial charge in [-0.3, -0.25) is 0 Å². The van der Waals surface area contributed by atoms with Crippen LogP contribution in [0.25, 0.3) is 0 Å². The molecule has 2 atom stereocenters. The fraction of sp³-hybridized carbons (Fsp3) is 0.350. The van der Waals surface area contributed by atoms with E-state index in [4.69, 9.17) is 14.2 Å². The molecule has 1 aliphatic rings. The molecule has 5 heteroatoms. The van der Waals surface area contributed by atoms with E-state index in [1.807, 2.05) is 48.5 Å². The molecule has 0 unspecified atom stereocenters. The topological polar surface area (TPSA) is 56.8 Å². The first kappa shape index (κ1) is 17.1. The Balaban J connectivity index is 1.82. The van der Waals surface area contributed by atoms with E-state index in [0.29, 0.717) is 6.61 Å². The maximum Gasteiger partial charge on any atom is 0.407 e. The van der Waals surface area contributed by atoms with Crippen LogP contribution in [0.15, 0.2) is 48.5 Å². The van der Waals surface area contributed by atoms with E-state index in [1.165, 1.54) is 11.1 Å². The van der Waals surface area contributed by atoms with Gasteiger partial charge in [0, 0.05) is 17.9 Å². The summed E-state index contributed by atoms with van der Waals surface area (Å²) in [6.07, 6.45) is -0.373. The molecule has 25 heavy (non-hydrogen) atoms. The molecule has 132 valence electrons. The van der Waals surface area contributed by atoms with Crippen LogP contribution >= 0.6 is 0 Å². The molecule has 1 saturated carbocycles. The smallest absolute Gasteiger partial charge is 0.407 e. The van der Waals surface area contributed by atoms with Gasteiger partial charge in [0.2, 0.25) is 0 Å². The Morgan fingerprint density at radius 3 is 1.68 bits per heavy atom. The summed E-state index contributed by atoms with van der Waals surface area (Å²) >= 11 is 0. The van der Waals surface area contributed by atoms with Crippen molar-refractivity contribution in [2.75, 3.05) is 20.8 Å². The number of carbonyl (C=O) groups is 1. The molecule has 0 spiro atoms. The second kappa shape index (κ2) is 7.47. The first-order chi connectivity index (χ1) is 12.2. The van der Waals surface area contributed by atoms with Crippen LogP contribution in [-0.4, -0.2) is 33.0 Å². The Kier molecular flexibility index (Phi) is 5.12. The van der Waals surface area contributed by atoms with Crippen molar-refractivity contribution < 1.29 is 19.0 Å². The number of carbonyl (C=O) groups excluding carboxylic acids is 1. The van der Waals surface area contributed by atoms with Crippen LogP contribution in [0.1, 0.15) is 29.9 Å². The average molecular weight is 341 g/mol. The lowest BCUT2D eigenvalue weighted by Gasteiger charge is -2.05. The van der Waals surface area contributed by atoms with Crippen molar-refractivity contribution in [2.24, 2.45) is 0 Å². The summed E-state index contributed by atoms with van der Waals surface area (Å²) in [7, 11) is 3.30. The van der Waals surface area contributed by atoms with Crippen molar-refractivity contribution in [2.45, 2.75) is 24.8 Å². The molecule has 0 aromatic heterocycles. The minimum atomic E-state index is -0.373. The highest BCUT2D eigenvalue weighted by Crippen LogP contribution is 2.55. The summed E-state index contributed by atoms with van der Waals surface area (Å²) < 4.78 is 15.5. The largest absolute Gasteiger partial charge is 0.497 e. The Morgan fingerprint density at radius 2 is 1.32 bits per heavy atom. The number of hydrogen-bond acceptors (Lipinski definition) is 4. The fourth-order valence-electron chi connectivity index (χ4n) is 3.28. The van der Waals surface area contributed by atoms with E-state index >= 15 is 0 Å². The highest BCUT2D eigenvalue weighted by Gasteiger charge is 2.52. The van der Waals surface area contributed by atoms with Gasteiger partial charge in [0.1, 0.15) is 11.5 Å². The van der Waals surface area contributed by atoms with Gasteiger partial charge in [0.05, 0.1) is 20.8 Å². The van der Waals surface area contributed by atoms with Crippen molar-refractivity contribution in [1.82, 2.24) is 5.32 Å². The SMILES string of the molecule is CCOC(=O)NC1[C@@H](c2ccc(OC)cc2)[C@@H]1c1ccc(OC)cc1. The highest BCUT2D eigenvalue weighted by molar-refractivity contribution is 5.69. The Hall–Kier alpha value is -2.69. The number of ether oxygens (including phenoxy) is 3. The maximum atomic E-state index is 11.9. The Bertz CT molecular complexity index is 658. The molecular formula is C20H23NO4. The van der Waals surface area contributed by atoms with Crippen molar-refractivity contribution >= 4 is 6.09 Å². The van der Waals surface area contributed by atoms with Gasteiger partial charge in [0.15, 0.2) is 0 Å². The van der Waals surface area contributed by atoms with Gasteiger partial charge in [-0.2, -0.15) is 0 Å². The lowest BCUT2D eigenvalue weighted by molar-refractivity contribution is 0.151. The maximum absolute atomic E-state index is 11.9. The fourth-order valence-corrected chi connectivity index (χ4v) is 3.28. The van der Waals surface area contributed by atoms with Crippen LogP contribution in [0.5, 0.6) is 11.5 Å². The molecule has 1 amide bonds. The minimum Gasteiger partial charge on any atom is -0.497 e. The normalized spacial score (nSPS) is 21.3. The monoisotopic (exact) mass is 341 g/mol. The molecule has 0 heterocycles. The van der Waals surface area contributed by atoms with E-state index in [-0.39, 0.29) is 24.0 Å². The lowest BCUT2D eigenvalue weighted by Crippen LogP contribution is -2.28. The van der Waals surface area contributed by atoms with Gasteiger partial charge in [-0.1, -0.05) is 24.3 Å². The van der Waals surface area contributed by atoms with Crippen LogP contribution in [0.3, 0.4) is 0 Å². The number of methoxy groups -OCH3 is 2. The van der Waals surface area contributed by atoms with E-state index in [2.05, 4.69) is 5.32 Å². The predicted octanol–water partition coefficient (Wildman–Crippen LogP) is 3.70. The van der Waals surface area contributed by atoms with E-state index in [9.17, 15) is 4.79 Å². The van der Waals surface area contributed by atoms with E-state index < -0.39 is 0 Å². The third-order valence-electron chi connectivity index (χ3n) is 4.58. The summed E-state index contributed by atoms with van der Waals surface area (Å²) in [4.78, 5) is 11.9. The Labute approximate surface area is 147 Å². The van der Waals surface area contributed by atoms with Crippen molar-refractivity contribution in [1.29, 1.82) is 0 Å². The lowest BCUT2D eigenvalue weighted by atomic mass is 10.0. The summed E-state index contributed by atoms with van der Waals surface area (Å²) in [6.45, 7) is 2.16. The zero-order valence-electron chi connectivity index (χ0n) is 14.7. The Morgan fingerprint density at radius 1 is 0.880 bits per heavy atom. The first-order valence-electron chi connectivity index (χ1n) is 8.39. The van der Waals surface area contributed by atoms with Gasteiger partial charge in [0.25, 0.3) is 0 Å². The predicted molar refractivity (Wildman–Crippen MR) is 95.4 cm³/mol. The number of benzene rings is 2. The second-order valence-corrected chi connectivity index (χ2v) is 5.99. The zero-order valence-corrected chi connectivity index (χ0v) is 14.7. The third-order valence-corrected chi connectivity index (χ3v) is 4.58. The minimum absolute atomic E-state index is 0.0147. The van der Waals surface area contributed by atoms with Gasteiger partial charge in [-0.15, -0.1) is 0 Å². The van der Waals surface area contributed by atoms with Crippen LogP contribution in [0.2, 0.25) is 0 Å². The summed E-state index contributed by atoms with van der Waals surface area (Å²) in [6, 6.07) is 16.0. The molecular weight excluding hydrogens is 318 g/mol. The number of nitrogens with one attached hydrogen (secondary N) is 1. The zero-order chi connectivity index (χ0) is 17.8. The van der Waals surface area contributed by atoms with Gasteiger partial charge in [-0.05, 0) is 42.3 Å². The highest BCUT2D eigenvalue weighted by atomic mass is 16.5. The molecule has 2 aromatic carbocycles. The summed E-state index contributed by atoms with van der Waals surface area (Å²) in [5.41, 5.74) is 2.34. The van der Waals surface area contributed by atoms with Crippen molar-refractivity contribution in [3.8, 4) is 11.5 Å². The molecule has 0 bridgehead atoms. The number of hydrogen-bond donors (Lipinski definition) is 1. The first-order valence-corrected chi connectivity index (χ1v) is 8.39. The molecule has 5 nitrogen and oxygen atoms in total. The molecule has 1 aliphatic carbocycles. The third kappa shape index (κ3) is 3.71. The average Bonchev–Trinajstić information content (AvgIpc) is 3.35. The van der Waals surface area contributed by atoms with Crippen molar-refractivity contribution in [3.05, 3.63) is 59.7 Å². The molecule has 0 saturated heterocycles. The van der Waals surface area contributed by atoms with Gasteiger partial charge in [-0.25, -0.2) is 4.79 Å². The summed E-state index contributed by atoms with van der Waals surface area (Å²) in [5, 5.41) is 2.99. The summed E-state index contributed by atoms with van der Waals surface area (Å²) in [5.74, 6) is 2.06. The molecule has 0 radical (unpaired) electrons. The standard InChI is InChI=1S/C20H23NO4/c1-4-25-20(22)21-19-17(13-5-9-15(23-2)10-6-13)18(19)14-7-11-16(24-3)12-8-14/h5-12,17-19H,4H2,1-3H3,(H,21,22)/t17-,18-/m0/s1.